The zero-order valence-electron chi connectivity index (χ0n) is 13.9. The standard InChI is InChI=1S/C18H12N6OS2/c25-18(11-1-2-14-15(7-11)27-10-20-14)19-8-17-22-21-16-4-3-13(23-24(16)17)12-5-6-26-9-12/h1-7,9-10H,8H2,(H,19,25). The summed E-state index contributed by atoms with van der Waals surface area (Å²) in [6.45, 7) is 0.237. The number of hydrogen-bond acceptors (Lipinski definition) is 7. The van der Waals surface area contributed by atoms with E-state index in [1.165, 1.54) is 11.3 Å². The number of fused-ring (bicyclic) bond motifs is 2. The maximum Gasteiger partial charge on any atom is 0.251 e. The number of amides is 1. The van der Waals surface area contributed by atoms with E-state index in [0.717, 1.165) is 21.5 Å². The van der Waals surface area contributed by atoms with Gasteiger partial charge in [0.15, 0.2) is 11.5 Å². The molecule has 4 heterocycles. The van der Waals surface area contributed by atoms with Crippen molar-refractivity contribution in [1.82, 2.24) is 30.1 Å². The number of carbonyl (C=O) groups excluding carboxylic acids is 1. The summed E-state index contributed by atoms with van der Waals surface area (Å²) in [4.78, 5) is 16.7. The van der Waals surface area contributed by atoms with Gasteiger partial charge in [0, 0.05) is 16.5 Å². The van der Waals surface area contributed by atoms with E-state index >= 15 is 0 Å². The Morgan fingerprint density at radius 1 is 1.15 bits per heavy atom. The molecule has 1 N–H and O–H groups in total. The van der Waals surface area contributed by atoms with Crippen LogP contribution < -0.4 is 5.32 Å². The first-order chi connectivity index (χ1) is 13.3. The van der Waals surface area contributed by atoms with Crippen LogP contribution in [0.1, 0.15) is 16.2 Å². The third-order valence-corrected chi connectivity index (χ3v) is 5.62. The van der Waals surface area contributed by atoms with Gasteiger partial charge < -0.3 is 5.32 Å². The molecule has 27 heavy (non-hydrogen) atoms. The number of rotatable bonds is 4. The molecule has 0 aliphatic carbocycles. The first-order valence-electron chi connectivity index (χ1n) is 8.13. The summed E-state index contributed by atoms with van der Waals surface area (Å²) in [6, 6.07) is 11.3. The van der Waals surface area contributed by atoms with Crippen LogP contribution in [0, 0.1) is 0 Å². The number of benzene rings is 1. The summed E-state index contributed by atoms with van der Waals surface area (Å²) in [5.74, 6) is 0.408. The fourth-order valence-corrected chi connectivity index (χ4v) is 4.13. The van der Waals surface area contributed by atoms with Gasteiger partial charge in [0.1, 0.15) is 0 Å². The summed E-state index contributed by atoms with van der Waals surface area (Å²) in [5.41, 5.74) is 5.78. The van der Waals surface area contributed by atoms with Crippen molar-refractivity contribution in [2.75, 3.05) is 0 Å². The number of aromatic nitrogens is 5. The van der Waals surface area contributed by atoms with Crippen LogP contribution in [0.25, 0.3) is 27.1 Å². The lowest BCUT2D eigenvalue weighted by Gasteiger charge is -2.05. The monoisotopic (exact) mass is 392 g/mol. The molecule has 0 atom stereocenters. The highest BCUT2D eigenvalue weighted by Gasteiger charge is 2.12. The van der Waals surface area contributed by atoms with Gasteiger partial charge >= 0.3 is 0 Å². The van der Waals surface area contributed by atoms with Gasteiger partial charge in [-0.2, -0.15) is 21.0 Å². The molecule has 7 nitrogen and oxygen atoms in total. The normalized spacial score (nSPS) is 11.3. The van der Waals surface area contributed by atoms with E-state index in [0.29, 0.717) is 17.0 Å². The van der Waals surface area contributed by atoms with Crippen molar-refractivity contribution in [2.45, 2.75) is 6.54 Å². The topological polar surface area (TPSA) is 85.1 Å². The number of thiazole rings is 1. The zero-order valence-corrected chi connectivity index (χ0v) is 15.5. The van der Waals surface area contributed by atoms with Gasteiger partial charge in [0.25, 0.3) is 5.91 Å². The maximum absolute atomic E-state index is 12.5. The van der Waals surface area contributed by atoms with E-state index in [-0.39, 0.29) is 12.5 Å². The molecule has 0 fully saturated rings. The van der Waals surface area contributed by atoms with Crippen LogP contribution in [0.15, 0.2) is 52.7 Å². The van der Waals surface area contributed by atoms with Gasteiger partial charge in [0.2, 0.25) is 0 Å². The molecule has 0 spiro atoms. The van der Waals surface area contributed by atoms with E-state index in [1.54, 1.807) is 27.4 Å². The molecule has 132 valence electrons. The quantitative estimate of drug-likeness (QED) is 0.507. The Balaban J connectivity index is 1.39. The lowest BCUT2D eigenvalue weighted by Crippen LogP contribution is -2.24. The van der Waals surface area contributed by atoms with Crippen molar-refractivity contribution in [3.8, 4) is 11.3 Å². The fourth-order valence-electron chi connectivity index (χ4n) is 2.77. The SMILES string of the molecule is O=C(NCc1nnc2ccc(-c3ccsc3)nn12)c1ccc2ncsc2c1. The molecule has 5 aromatic rings. The molecule has 0 aliphatic heterocycles. The maximum atomic E-state index is 12.5. The smallest absolute Gasteiger partial charge is 0.251 e. The van der Waals surface area contributed by atoms with E-state index in [9.17, 15) is 4.79 Å². The third-order valence-electron chi connectivity index (χ3n) is 4.14. The molecule has 0 saturated carbocycles. The van der Waals surface area contributed by atoms with E-state index in [4.69, 9.17) is 0 Å². The van der Waals surface area contributed by atoms with Crippen LogP contribution in [0.2, 0.25) is 0 Å². The Labute approximate surface area is 161 Å². The van der Waals surface area contributed by atoms with E-state index in [2.05, 4.69) is 25.6 Å². The average molecular weight is 392 g/mol. The summed E-state index contributed by atoms with van der Waals surface area (Å²) in [6.07, 6.45) is 0. The largest absolute Gasteiger partial charge is 0.345 e. The first kappa shape index (κ1) is 16.0. The number of thiophene rings is 1. The molecule has 0 aliphatic rings. The van der Waals surface area contributed by atoms with Crippen molar-refractivity contribution < 1.29 is 4.79 Å². The molecule has 4 aromatic heterocycles. The first-order valence-corrected chi connectivity index (χ1v) is 9.95. The predicted octanol–water partition coefficient (Wildman–Crippen LogP) is 3.39. The van der Waals surface area contributed by atoms with Gasteiger partial charge in [0.05, 0.1) is 28.0 Å². The predicted molar refractivity (Wildman–Crippen MR) is 105 cm³/mol. The summed E-state index contributed by atoms with van der Waals surface area (Å²) >= 11 is 3.13. The van der Waals surface area contributed by atoms with Crippen molar-refractivity contribution >= 4 is 44.4 Å². The highest BCUT2D eigenvalue weighted by molar-refractivity contribution is 7.16. The van der Waals surface area contributed by atoms with Crippen LogP contribution in [-0.2, 0) is 6.54 Å². The molecule has 5 rings (SSSR count). The second-order valence-corrected chi connectivity index (χ2v) is 7.50. The van der Waals surface area contributed by atoms with Gasteiger partial charge in [-0.05, 0) is 41.8 Å². The number of nitrogens with zero attached hydrogens (tertiary/aromatic N) is 5. The number of nitrogens with one attached hydrogen (secondary N) is 1. The van der Waals surface area contributed by atoms with Crippen LogP contribution in [-0.4, -0.2) is 30.7 Å². The molecular formula is C18H12N6OS2. The molecular weight excluding hydrogens is 380 g/mol. The molecule has 0 bridgehead atoms. The van der Waals surface area contributed by atoms with E-state index in [1.807, 2.05) is 41.1 Å². The summed E-state index contributed by atoms with van der Waals surface area (Å²) < 4.78 is 2.65. The van der Waals surface area contributed by atoms with Gasteiger partial charge in [-0.3, -0.25) is 4.79 Å². The van der Waals surface area contributed by atoms with E-state index < -0.39 is 0 Å². The average Bonchev–Trinajstić information content (AvgIpc) is 3.45. The summed E-state index contributed by atoms with van der Waals surface area (Å²) in [7, 11) is 0. The number of carbonyl (C=O) groups is 1. The Morgan fingerprint density at radius 2 is 2.11 bits per heavy atom. The van der Waals surface area contributed by atoms with Crippen molar-refractivity contribution in [2.24, 2.45) is 0 Å². The molecule has 0 saturated heterocycles. The second-order valence-electron chi connectivity index (χ2n) is 5.83. The van der Waals surface area contributed by atoms with Crippen LogP contribution in [0.3, 0.4) is 0 Å². The number of hydrogen-bond donors (Lipinski definition) is 1. The van der Waals surface area contributed by atoms with Crippen LogP contribution in [0.5, 0.6) is 0 Å². The molecule has 1 amide bonds. The minimum absolute atomic E-state index is 0.170. The highest BCUT2D eigenvalue weighted by Crippen LogP contribution is 2.21. The van der Waals surface area contributed by atoms with Crippen molar-refractivity contribution in [1.29, 1.82) is 0 Å². The molecule has 0 radical (unpaired) electrons. The van der Waals surface area contributed by atoms with Crippen LogP contribution in [0.4, 0.5) is 0 Å². The zero-order chi connectivity index (χ0) is 18.2. The molecule has 0 unspecified atom stereocenters. The Kier molecular flexibility index (Phi) is 3.88. The Hall–Kier alpha value is -3.17. The second kappa shape index (κ2) is 6.53. The minimum atomic E-state index is -0.170. The lowest BCUT2D eigenvalue weighted by molar-refractivity contribution is 0.0950. The van der Waals surface area contributed by atoms with Gasteiger partial charge in [-0.25, -0.2) is 4.98 Å². The van der Waals surface area contributed by atoms with Gasteiger partial charge in [-0.15, -0.1) is 21.5 Å². The Morgan fingerprint density at radius 3 is 3.00 bits per heavy atom. The van der Waals surface area contributed by atoms with Gasteiger partial charge in [-0.1, -0.05) is 0 Å². The fraction of sp³-hybridized carbons (Fsp3) is 0.0556. The highest BCUT2D eigenvalue weighted by atomic mass is 32.1. The third kappa shape index (κ3) is 2.96. The van der Waals surface area contributed by atoms with Crippen molar-refractivity contribution in [3.05, 3.63) is 64.1 Å². The summed E-state index contributed by atoms with van der Waals surface area (Å²) in [5, 5.41) is 19.8. The minimum Gasteiger partial charge on any atom is -0.345 e. The Bertz CT molecular complexity index is 1260. The lowest BCUT2D eigenvalue weighted by atomic mass is 10.2. The van der Waals surface area contributed by atoms with Crippen LogP contribution >= 0.6 is 22.7 Å². The van der Waals surface area contributed by atoms with Crippen molar-refractivity contribution in [3.63, 3.8) is 0 Å². The molecule has 1 aromatic carbocycles. The molecule has 9 heteroatoms.